The highest BCUT2D eigenvalue weighted by atomic mass is 16.5. The Balaban J connectivity index is 1.89. The van der Waals surface area contributed by atoms with E-state index in [1.165, 1.54) is 0 Å². The number of nitrogens with zero attached hydrogens (tertiary/aromatic N) is 3. The Morgan fingerprint density at radius 2 is 2.10 bits per heavy atom. The quantitative estimate of drug-likeness (QED) is 0.781. The molecular formula is C12H15N5O3. The maximum Gasteiger partial charge on any atom is 0.292 e. The van der Waals surface area contributed by atoms with Gasteiger partial charge < -0.3 is 14.8 Å². The van der Waals surface area contributed by atoms with Crippen molar-refractivity contribution in [2.24, 2.45) is 0 Å². The maximum atomic E-state index is 11.6. The van der Waals surface area contributed by atoms with Gasteiger partial charge in [-0.05, 0) is 29.3 Å². The van der Waals surface area contributed by atoms with E-state index in [0.29, 0.717) is 24.5 Å². The molecule has 0 saturated carbocycles. The van der Waals surface area contributed by atoms with E-state index >= 15 is 0 Å². The zero-order chi connectivity index (χ0) is 14.4. The van der Waals surface area contributed by atoms with Crippen LogP contribution in [0.5, 0.6) is 11.5 Å². The van der Waals surface area contributed by atoms with Crippen molar-refractivity contribution in [1.82, 2.24) is 25.9 Å². The van der Waals surface area contributed by atoms with E-state index in [-0.39, 0.29) is 11.7 Å². The summed E-state index contributed by atoms with van der Waals surface area (Å²) in [7, 11) is 3.17. The van der Waals surface area contributed by atoms with Crippen LogP contribution in [0.25, 0.3) is 0 Å². The molecule has 8 heteroatoms. The number of rotatable bonds is 6. The Morgan fingerprint density at radius 3 is 2.75 bits per heavy atom. The molecule has 1 aromatic heterocycles. The number of nitrogens with one attached hydrogen (secondary N) is 2. The molecule has 2 rings (SSSR count). The minimum absolute atomic E-state index is 0.0253. The summed E-state index contributed by atoms with van der Waals surface area (Å²) >= 11 is 0. The van der Waals surface area contributed by atoms with Gasteiger partial charge in [-0.15, -0.1) is 10.2 Å². The number of aromatic amines is 1. The summed E-state index contributed by atoms with van der Waals surface area (Å²) in [5.74, 6) is 0.998. The summed E-state index contributed by atoms with van der Waals surface area (Å²) < 4.78 is 10.4. The average molecular weight is 277 g/mol. The number of amides is 1. The molecule has 1 heterocycles. The number of hydrogen-bond acceptors (Lipinski definition) is 6. The molecule has 0 unspecified atom stereocenters. The summed E-state index contributed by atoms with van der Waals surface area (Å²) in [4.78, 5) is 11.6. The van der Waals surface area contributed by atoms with Gasteiger partial charge in [-0.25, -0.2) is 0 Å². The molecule has 0 aliphatic heterocycles. The van der Waals surface area contributed by atoms with Crippen LogP contribution >= 0.6 is 0 Å². The van der Waals surface area contributed by atoms with E-state index in [9.17, 15) is 4.79 Å². The third-order valence-electron chi connectivity index (χ3n) is 2.70. The Hall–Kier alpha value is -2.64. The first-order chi connectivity index (χ1) is 9.74. The second-order valence-electron chi connectivity index (χ2n) is 3.93. The van der Waals surface area contributed by atoms with Gasteiger partial charge >= 0.3 is 0 Å². The standard InChI is InChI=1S/C12H15N5O3/c1-19-9-4-3-8(7-10(9)20-2)5-6-13-12(18)11-14-16-17-15-11/h3-4,7H,5-6H2,1-2H3,(H,13,18)(H,14,15,16,17). The molecule has 0 bridgehead atoms. The van der Waals surface area contributed by atoms with Gasteiger partial charge in [-0.2, -0.15) is 5.21 Å². The van der Waals surface area contributed by atoms with Crippen molar-refractivity contribution in [2.45, 2.75) is 6.42 Å². The third kappa shape index (κ3) is 3.22. The maximum absolute atomic E-state index is 11.6. The van der Waals surface area contributed by atoms with E-state index in [4.69, 9.17) is 9.47 Å². The predicted octanol–water partition coefficient (Wildman–Crippen LogP) is 0.189. The molecule has 0 fully saturated rings. The van der Waals surface area contributed by atoms with Crippen LogP contribution in [0.2, 0.25) is 0 Å². The van der Waals surface area contributed by atoms with Gasteiger partial charge in [-0.3, -0.25) is 4.79 Å². The van der Waals surface area contributed by atoms with Crippen LogP contribution in [-0.2, 0) is 6.42 Å². The fourth-order valence-corrected chi connectivity index (χ4v) is 1.69. The second kappa shape index (κ2) is 6.50. The van der Waals surface area contributed by atoms with Gasteiger partial charge in [0.05, 0.1) is 14.2 Å². The van der Waals surface area contributed by atoms with Crippen LogP contribution in [0.1, 0.15) is 16.2 Å². The normalized spacial score (nSPS) is 10.1. The van der Waals surface area contributed by atoms with Crippen molar-refractivity contribution < 1.29 is 14.3 Å². The van der Waals surface area contributed by atoms with Crippen molar-refractivity contribution in [3.05, 3.63) is 29.6 Å². The summed E-state index contributed by atoms with van der Waals surface area (Å²) in [6, 6.07) is 5.62. The van der Waals surface area contributed by atoms with Gasteiger partial charge in [-0.1, -0.05) is 6.07 Å². The molecule has 1 amide bonds. The third-order valence-corrected chi connectivity index (χ3v) is 2.70. The van der Waals surface area contributed by atoms with Crippen LogP contribution < -0.4 is 14.8 Å². The highest BCUT2D eigenvalue weighted by molar-refractivity contribution is 5.89. The second-order valence-corrected chi connectivity index (χ2v) is 3.93. The van der Waals surface area contributed by atoms with E-state index in [0.717, 1.165) is 5.56 Å². The molecule has 106 valence electrons. The van der Waals surface area contributed by atoms with Gasteiger partial charge in [0.2, 0.25) is 0 Å². The Labute approximate surface area is 115 Å². The van der Waals surface area contributed by atoms with Gasteiger partial charge in [0.1, 0.15) is 0 Å². The largest absolute Gasteiger partial charge is 0.493 e. The Morgan fingerprint density at radius 1 is 1.30 bits per heavy atom. The van der Waals surface area contributed by atoms with E-state index < -0.39 is 0 Å². The van der Waals surface area contributed by atoms with Crippen molar-refractivity contribution in [1.29, 1.82) is 0 Å². The Kier molecular flexibility index (Phi) is 4.48. The number of carbonyl (C=O) groups excluding carboxylic acids is 1. The fourth-order valence-electron chi connectivity index (χ4n) is 1.69. The summed E-state index contributed by atoms with van der Waals surface area (Å²) in [5, 5.41) is 15.4. The number of ether oxygens (including phenoxy) is 2. The number of aromatic nitrogens is 4. The molecule has 0 spiro atoms. The van der Waals surface area contributed by atoms with Crippen LogP contribution in [0.15, 0.2) is 18.2 Å². The van der Waals surface area contributed by atoms with Crippen molar-refractivity contribution >= 4 is 5.91 Å². The highest BCUT2D eigenvalue weighted by Gasteiger charge is 2.10. The zero-order valence-corrected chi connectivity index (χ0v) is 11.2. The van der Waals surface area contributed by atoms with Crippen molar-refractivity contribution in [3.8, 4) is 11.5 Å². The van der Waals surface area contributed by atoms with Crippen LogP contribution in [0, 0.1) is 0 Å². The average Bonchev–Trinajstić information content (AvgIpc) is 3.01. The first-order valence-corrected chi connectivity index (χ1v) is 5.97. The minimum Gasteiger partial charge on any atom is -0.493 e. The lowest BCUT2D eigenvalue weighted by Gasteiger charge is -2.09. The number of methoxy groups -OCH3 is 2. The minimum atomic E-state index is -0.362. The molecule has 1 aromatic carbocycles. The number of benzene rings is 1. The molecule has 2 N–H and O–H groups in total. The molecule has 2 aromatic rings. The monoisotopic (exact) mass is 277 g/mol. The SMILES string of the molecule is COc1ccc(CCNC(=O)c2nn[nH]n2)cc1OC. The first kappa shape index (κ1) is 13.8. The first-order valence-electron chi connectivity index (χ1n) is 5.97. The zero-order valence-electron chi connectivity index (χ0n) is 11.2. The van der Waals surface area contributed by atoms with Crippen LogP contribution in [-0.4, -0.2) is 47.3 Å². The predicted molar refractivity (Wildman–Crippen MR) is 69.8 cm³/mol. The van der Waals surface area contributed by atoms with Crippen LogP contribution in [0.4, 0.5) is 0 Å². The van der Waals surface area contributed by atoms with Crippen molar-refractivity contribution in [3.63, 3.8) is 0 Å². The number of tetrazole rings is 1. The molecule has 8 nitrogen and oxygen atoms in total. The van der Waals surface area contributed by atoms with Crippen LogP contribution in [0.3, 0.4) is 0 Å². The lowest BCUT2D eigenvalue weighted by Crippen LogP contribution is -2.26. The van der Waals surface area contributed by atoms with Gasteiger partial charge in [0.15, 0.2) is 11.5 Å². The van der Waals surface area contributed by atoms with E-state index in [1.807, 2.05) is 18.2 Å². The number of hydrogen-bond donors (Lipinski definition) is 2. The van der Waals surface area contributed by atoms with Gasteiger partial charge in [0, 0.05) is 6.54 Å². The van der Waals surface area contributed by atoms with E-state index in [1.54, 1.807) is 14.2 Å². The molecule has 0 aliphatic rings. The molecule has 0 atom stereocenters. The highest BCUT2D eigenvalue weighted by Crippen LogP contribution is 2.27. The van der Waals surface area contributed by atoms with Gasteiger partial charge in [0.25, 0.3) is 11.7 Å². The van der Waals surface area contributed by atoms with Crippen molar-refractivity contribution in [2.75, 3.05) is 20.8 Å². The molecule has 0 aliphatic carbocycles. The lowest BCUT2D eigenvalue weighted by molar-refractivity contribution is 0.0944. The molecule has 0 saturated heterocycles. The molecule has 0 radical (unpaired) electrons. The molecule has 20 heavy (non-hydrogen) atoms. The summed E-state index contributed by atoms with van der Waals surface area (Å²) in [6.07, 6.45) is 0.657. The number of H-pyrrole nitrogens is 1. The number of carbonyl (C=O) groups is 1. The summed E-state index contributed by atoms with van der Waals surface area (Å²) in [6.45, 7) is 0.461. The Bertz CT molecular complexity index is 570. The fraction of sp³-hybridized carbons (Fsp3) is 0.333. The summed E-state index contributed by atoms with van der Waals surface area (Å²) in [5.41, 5.74) is 1.02. The smallest absolute Gasteiger partial charge is 0.292 e. The molecular weight excluding hydrogens is 262 g/mol. The topological polar surface area (TPSA) is 102 Å². The lowest BCUT2D eigenvalue weighted by atomic mass is 10.1. The van der Waals surface area contributed by atoms with E-state index in [2.05, 4.69) is 25.9 Å².